The van der Waals surface area contributed by atoms with Crippen LogP contribution in [-0.4, -0.2) is 16.9 Å². The molecule has 0 aliphatic heterocycles. The van der Waals surface area contributed by atoms with Gasteiger partial charge in [-0.25, -0.2) is 4.39 Å². The number of nitrogens with one attached hydrogen (secondary N) is 1. The Kier molecular flexibility index (Phi) is 4.16. The summed E-state index contributed by atoms with van der Waals surface area (Å²) in [6.45, 7) is 3.97. The van der Waals surface area contributed by atoms with Gasteiger partial charge in [-0.3, -0.25) is 9.78 Å². The minimum atomic E-state index is -0.682. The van der Waals surface area contributed by atoms with Gasteiger partial charge in [0.15, 0.2) is 0 Å². The average molecular weight is 312 g/mol. The third-order valence-electron chi connectivity index (χ3n) is 4.57. The van der Waals surface area contributed by atoms with Crippen LogP contribution in [0, 0.1) is 12.7 Å². The Bertz CT molecular complexity index is 725. The van der Waals surface area contributed by atoms with Gasteiger partial charge in [0.25, 0.3) is 0 Å². The minimum Gasteiger partial charge on any atom is -0.352 e. The summed E-state index contributed by atoms with van der Waals surface area (Å²) in [6.07, 6.45) is 3.84. The van der Waals surface area contributed by atoms with Crippen LogP contribution in [0.15, 0.2) is 42.6 Å². The summed E-state index contributed by atoms with van der Waals surface area (Å²) < 4.78 is 14.0. The highest BCUT2D eigenvalue weighted by Crippen LogP contribution is 2.49. The summed E-state index contributed by atoms with van der Waals surface area (Å²) in [6, 6.07) is 10.4. The van der Waals surface area contributed by atoms with E-state index >= 15 is 0 Å². The number of carbonyl (C=O) groups excluding carboxylic acids is 1. The molecular weight excluding hydrogens is 291 g/mol. The van der Waals surface area contributed by atoms with Crippen LogP contribution in [-0.2, 0) is 16.6 Å². The van der Waals surface area contributed by atoms with Crippen molar-refractivity contribution in [3.05, 3.63) is 65.2 Å². The lowest BCUT2D eigenvalue weighted by Crippen LogP contribution is -2.41. The van der Waals surface area contributed by atoms with E-state index in [-0.39, 0.29) is 17.8 Å². The van der Waals surface area contributed by atoms with Crippen molar-refractivity contribution in [2.24, 2.45) is 0 Å². The second-order valence-corrected chi connectivity index (χ2v) is 6.41. The molecule has 120 valence electrons. The first-order chi connectivity index (χ1) is 11.0. The Labute approximate surface area is 135 Å². The molecule has 1 amide bonds. The van der Waals surface area contributed by atoms with Crippen LogP contribution in [0.2, 0.25) is 0 Å². The molecule has 0 spiro atoms. The summed E-state index contributed by atoms with van der Waals surface area (Å²) >= 11 is 0. The summed E-state index contributed by atoms with van der Waals surface area (Å²) in [5.74, 6) is -0.378. The van der Waals surface area contributed by atoms with Gasteiger partial charge in [0.05, 0.1) is 5.41 Å². The minimum absolute atomic E-state index is 0.0413. The number of rotatable bonds is 5. The first-order valence-corrected chi connectivity index (χ1v) is 7.99. The number of aromatic nitrogens is 1. The van der Waals surface area contributed by atoms with E-state index in [1.165, 1.54) is 6.07 Å². The standard InChI is InChI=1S/C19H21FN2O/c1-13-6-5-11-21-17(13)12-14(2)22-18(23)19(9-10-19)15-7-3-4-8-16(15)20/h3-8,11,14H,9-10,12H2,1-2H3,(H,22,23)/t14-/m0/s1. The van der Waals surface area contributed by atoms with Gasteiger partial charge in [-0.05, 0) is 44.4 Å². The van der Waals surface area contributed by atoms with E-state index in [9.17, 15) is 9.18 Å². The van der Waals surface area contributed by atoms with Crippen LogP contribution >= 0.6 is 0 Å². The van der Waals surface area contributed by atoms with E-state index in [4.69, 9.17) is 0 Å². The van der Waals surface area contributed by atoms with Crippen molar-refractivity contribution in [1.29, 1.82) is 0 Å². The molecule has 1 heterocycles. The van der Waals surface area contributed by atoms with Crippen molar-refractivity contribution in [1.82, 2.24) is 10.3 Å². The predicted octanol–water partition coefficient (Wildman–Crippen LogP) is 3.31. The summed E-state index contributed by atoms with van der Waals surface area (Å²) in [5, 5.41) is 3.04. The molecule has 0 bridgehead atoms. The molecule has 1 N–H and O–H groups in total. The summed E-state index contributed by atoms with van der Waals surface area (Å²) in [7, 11) is 0. The van der Waals surface area contributed by atoms with Crippen molar-refractivity contribution in [3.8, 4) is 0 Å². The Balaban J connectivity index is 1.70. The van der Waals surface area contributed by atoms with Crippen LogP contribution in [0.3, 0.4) is 0 Å². The fraction of sp³-hybridized carbons (Fsp3) is 0.368. The molecule has 2 aromatic rings. The third-order valence-corrected chi connectivity index (χ3v) is 4.57. The van der Waals surface area contributed by atoms with Crippen LogP contribution in [0.1, 0.15) is 36.6 Å². The van der Waals surface area contributed by atoms with Gasteiger partial charge in [-0.1, -0.05) is 24.3 Å². The maximum absolute atomic E-state index is 14.0. The quantitative estimate of drug-likeness (QED) is 0.920. The molecule has 0 radical (unpaired) electrons. The van der Waals surface area contributed by atoms with Gasteiger partial charge < -0.3 is 5.32 Å². The van der Waals surface area contributed by atoms with E-state index in [0.717, 1.165) is 11.3 Å². The van der Waals surface area contributed by atoms with Gasteiger partial charge in [0.1, 0.15) is 5.82 Å². The largest absolute Gasteiger partial charge is 0.352 e. The zero-order chi connectivity index (χ0) is 16.4. The van der Waals surface area contributed by atoms with Crippen LogP contribution in [0.5, 0.6) is 0 Å². The van der Waals surface area contributed by atoms with E-state index in [1.807, 2.05) is 26.0 Å². The predicted molar refractivity (Wildman–Crippen MR) is 87.6 cm³/mol. The maximum atomic E-state index is 14.0. The van der Waals surface area contributed by atoms with Gasteiger partial charge in [0.2, 0.25) is 5.91 Å². The number of benzene rings is 1. The number of carbonyl (C=O) groups is 1. The zero-order valence-corrected chi connectivity index (χ0v) is 13.5. The lowest BCUT2D eigenvalue weighted by Gasteiger charge is -2.20. The normalized spacial score (nSPS) is 16.7. The Morgan fingerprint density at radius 3 is 2.70 bits per heavy atom. The zero-order valence-electron chi connectivity index (χ0n) is 13.5. The molecule has 1 aromatic heterocycles. The molecule has 23 heavy (non-hydrogen) atoms. The molecule has 3 rings (SSSR count). The second kappa shape index (κ2) is 6.11. The molecule has 1 aliphatic carbocycles. The van der Waals surface area contributed by atoms with Crippen LogP contribution in [0.4, 0.5) is 4.39 Å². The van der Waals surface area contributed by atoms with E-state index in [0.29, 0.717) is 24.8 Å². The Morgan fingerprint density at radius 2 is 2.04 bits per heavy atom. The molecule has 3 nitrogen and oxygen atoms in total. The fourth-order valence-electron chi connectivity index (χ4n) is 3.03. The molecular formula is C19H21FN2O. The molecule has 1 atom stereocenters. The van der Waals surface area contributed by atoms with Crippen molar-refractivity contribution in [3.63, 3.8) is 0 Å². The van der Waals surface area contributed by atoms with Gasteiger partial charge in [-0.2, -0.15) is 0 Å². The number of hydrogen-bond acceptors (Lipinski definition) is 2. The van der Waals surface area contributed by atoms with Gasteiger partial charge in [-0.15, -0.1) is 0 Å². The lowest BCUT2D eigenvalue weighted by atomic mass is 9.94. The van der Waals surface area contributed by atoms with E-state index < -0.39 is 5.41 Å². The SMILES string of the molecule is Cc1cccnc1C[C@H](C)NC(=O)C1(c2ccccc2F)CC1. The highest BCUT2D eigenvalue weighted by Gasteiger charge is 2.52. The maximum Gasteiger partial charge on any atom is 0.230 e. The average Bonchev–Trinajstić information content (AvgIpc) is 3.32. The molecule has 1 fully saturated rings. The molecule has 1 saturated carbocycles. The van der Waals surface area contributed by atoms with Crippen molar-refractivity contribution < 1.29 is 9.18 Å². The highest BCUT2D eigenvalue weighted by atomic mass is 19.1. The first-order valence-electron chi connectivity index (χ1n) is 7.99. The van der Waals surface area contributed by atoms with E-state index in [1.54, 1.807) is 24.4 Å². The smallest absolute Gasteiger partial charge is 0.230 e. The number of aryl methyl sites for hydroxylation is 1. The molecule has 1 aromatic carbocycles. The topological polar surface area (TPSA) is 42.0 Å². The Hall–Kier alpha value is -2.23. The molecule has 0 unspecified atom stereocenters. The summed E-state index contributed by atoms with van der Waals surface area (Å²) in [4.78, 5) is 17.0. The summed E-state index contributed by atoms with van der Waals surface area (Å²) in [5.41, 5.74) is 1.93. The molecule has 4 heteroatoms. The molecule has 0 saturated heterocycles. The number of pyridine rings is 1. The van der Waals surface area contributed by atoms with E-state index in [2.05, 4.69) is 10.3 Å². The highest BCUT2D eigenvalue weighted by molar-refractivity contribution is 5.91. The van der Waals surface area contributed by atoms with Gasteiger partial charge in [0, 0.05) is 29.9 Å². The number of halogens is 1. The van der Waals surface area contributed by atoms with Crippen LogP contribution < -0.4 is 5.32 Å². The second-order valence-electron chi connectivity index (χ2n) is 6.41. The number of hydrogen-bond donors (Lipinski definition) is 1. The third kappa shape index (κ3) is 3.11. The molecule has 1 aliphatic rings. The first kappa shape index (κ1) is 15.7. The van der Waals surface area contributed by atoms with Crippen molar-refractivity contribution in [2.45, 2.75) is 44.6 Å². The monoisotopic (exact) mass is 312 g/mol. The lowest BCUT2D eigenvalue weighted by molar-refractivity contribution is -0.124. The Morgan fingerprint density at radius 1 is 1.30 bits per heavy atom. The number of amides is 1. The van der Waals surface area contributed by atoms with Gasteiger partial charge >= 0.3 is 0 Å². The van der Waals surface area contributed by atoms with Crippen molar-refractivity contribution >= 4 is 5.91 Å². The number of nitrogens with zero attached hydrogens (tertiary/aromatic N) is 1. The fourth-order valence-corrected chi connectivity index (χ4v) is 3.03. The van der Waals surface area contributed by atoms with Crippen LogP contribution in [0.25, 0.3) is 0 Å². The van der Waals surface area contributed by atoms with Crippen molar-refractivity contribution in [2.75, 3.05) is 0 Å².